The summed E-state index contributed by atoms with van der Waals surface area (Å²) >= 11 is 0. The van der Waals surface area contributed by atoms with E-state index in [0.717, 1.165) is 5.57 Å². The zero-order valence-electron chi connectivity index (χ0n) is 14.8. The molecule has 4 atom stereocenters. The summed E-state index contributed by atoms with van der Waals surface area (Å²) in [6.45, 7) is 10.0. The highest BCUT2D eigenvalue weighted by molar-refractivity contribution is 6.19. The van der Waals surface area contributed by atoms with E-state index in [9.17, 15) is 19.8 Å². The van der Waals surface area contributed by atoms with Crippen molar-refractivity contribution in [1.29, 1.82) is 0 Å². The molecule has 0 spiro atoms. The molecule has 2 aliphatic carbocycles. The summed E-state index contributed by atoms with van der Waals surface area (Å²) in [5.41, 5.74) is 0.715. The van der Waals surface area contributed by atoms with Crippen molar-refractivity contribution >= 4 is 11.6 Å². The summed E-state index contributed by atoms with van der Waals surface area (Å²) in [4.78, 5) is 26.1. The quantitative estimate of drug-likeness (QED) is 0.648. The SMILES string of the molecule is C=C1CC(OC(C)C(C)C)C2C(=O)c3c(O)ccc(O)c3C(=O)C2C1. The fraction of sp³-hybridized carbons (Fsp3) is 0.500. The fourth-order valence-electron chi connectivity index (χ4n) is 3.80. The summed E-state index contributed by atoms with van der Waals surface area (Å²) in [5.74, 6) is -2.18. The summed E-state index contributed by atoms with van der Waals surface area (Å²) in [6, 6.07) is 2.49. The van der Waals surface area contributed by atoms with Crippen molar-refractivity contribution in [3.63, 3.8) is 0 Å². The zero-order chi connectivity index (χ0) is 18.5. The van der Waals surface area contributed by atoms with Crippen molar-refractivity contribution in [1.82, 2.24) is 0 Å². The Kier molecular flexibility index (Phi) is 4.45. The van der Waals surface area contributed by atoms with Crippen LogP contribution in [-0.2, 0) is 4.74 Å². The number of carbonyl (C=O) groups excluding carboxylic acids is 2. The number of rotatable bonds is 3. The van der Waals surface area contributed by atoms with Gasteiger partial charge in [0.2, 0.25) is 0 Å². The van der Waals surface area contributed by atoms with Crippen LogP contribution in [0.25, 0.3) is 0 Å². The Bertz CT molecular complexity index is 749. The smallest absolute Gasteiger partial charge is 0.173 e. The molecule has 2 aliphatic rings. The number of Topliss-reactive ketones (excluding diaryl/α,β-unsaturated/α-hetero) is 2. The van der Waals surface area contributed by atoms with Gasteiger partial charge >= 0.3 is 0 Å². The number of aromatic hydroxyl groups is 2. The van der Waals surface area contributed by atoms with Gasteiger partial charge in [0.1, 0.15) is 11.5 Å². The Morgan fingerprint density at radius 3 is 2.16 bits per heavy atom. The first-order chi connectivity index (χ1) is 11.7. The van der Waals surface area contributed by atoms with Crippen LogP contribution in [0.5, 0.6) is 11.5 Å². The van der Waals surface area contributed by atoms with Gasteiger partial charge in [-0.3, -0.25) is 9.59 Å². The summed E-state index contributed by atoms with van der Waals surface area (Å²) in [7, 11) is 0. The Labute approximate surface area is 147 Å². The molecule has 0 aliphatic heterocycles. The van der Waals surface area contributed by atoms with Crippen LogP contribution in [0, 0.1) is 17.8 Å². The molecule has 1 saturated carbocycles. The molecule has 0 saturated heterocycles. The van der Waals surface area contributed by atoms with Crippen molar-refractivity contribution in [2.24, 2.45) is 17.8 Å². The molecular formula is C20H24O5. The van der Waals surface area contributed by atoms with E-state index >= 15 is 0 Å². The van der Waals surface area contributed by atoms with E-state index in [1.54, 1.807) is 0 Å². The number of hydrogen-bond acceptors (Lipinski definition) is 5. The van der Waals surface area contributed by atoms with Gasteiger partial charge in [-0.15, -0.1) is 0 Å². The van der Waals surface area contributed by atoms with Crippen LogP contribution in [0.1, 0.15) is 54.3 Å². The van der Waals surface area contributed by atoms with E-state index in [4.69, 9.17) is 4.74 Å². The van der Waals surface area contributed by atoms with Crippen molar-refractivity contribution < 1.29 is 24.5 Å². The molecule has 1 aromatic rings. The van der Waals surface area contributed by atoms with Gasteiger partial charge in [0.05, 0.1) is 29.3 Å². The second-order valence-corrected chi connectivity index (χ2v) is 7.50. The predicted octanol–water partition coefficient (Wildman–Crippen LogP) is 3.49. The Morgan fingerprint density at radius 2 is 1.60 bits per heavy atom. The van der Waals surface area contributed by atoms with Crippen LogP contribution in [-0.4, -0.2) is 34.0 Å². The molecule has 4 unspecified atom stereocenters. The molecule has 0 heterocycles. The molecule has 3 rings (SSSR count). The Hall–Kier alpha value is -2.14. The average Bonchev–Trinajstić information content (AvgIpc) is 2.54. The average molecular weight is 344 g/mol. The topological polar surface area (TPSA) is 83.8 Å². The van der Waals surface area contributed by atoms with Crippen LogP contribution in [0.2, 0.25) is 0 Å². The van der Waals surface area contributed by atoms with Gasteiger partial charge in [0.25, 0.3) is 0 Å². The highest BCUT2D eigenvalue weighted by Crippen LogP contribution is 2.47. The number of phenolic OH excluding ortho intramolecular Hbond substituents is 2. The monoisotopic (exact) mass is 344 g/mol. The molecule has 0 radical (unpaired) electrons. The lowest BCUT2D eigenvalue weighted by molar-refractivity contribution is -0.0627. The van der Waals surface area contributed by atoms with Crippen molar-refractivity contribution in [2.75, 3.05) is 0 Å². The van der Waals surface area contributed by atoms with Gasteiger partial charge < -0.3 is 14.9 Å². The molecule has 25 heavy (non-hydrogen) atoms. The maximum atomic E-state index is 13.1. The van der Waals surface area contributed by atoms with E-state index < -0.39 is 17.9 Å². The lowest BCUT2D eigenvalue weighted by Crippen LogP contribution is -2.48. The first kappa shape index (κ1) is 17.7. The highest BCUT2D eigenvalue weighted by Gasteiger charge is 2.50. The van der Waals surface area contributed by atoms with E-state index in [2.05, 4.69) is 6.58 Å². The standard InChI is InChI=1S/C20H24O5/c1-9(2)11(4)25-15-8-10(3)7-12-16(15)20(24)18-14(22)6-5-13(21)17(18)19(12)23/h5-6,9,11-12,15-16,21-22H,3,7-8H2,1-2,4H3. The van der Waals surface area contributed by atoms with Crippen LogP contribution in [0.4, 0.5) is 0 Å². The van der Waals surface area contributed by atoms with Gasteiger partial charge in [0, 0.05) is 5.92 Å². The lowest BCUT2D eigenvalue weighted by Gasteiger charge is -2.41. The van der Waals surface area contributed by atoms with Gasteiger partial charge in [0.15, 0.2) is 11.6 Å². The van der Waals surface area contributed by atoms with Gasteiger partial charge in [-0.25, -0.2) is 0 Å². The minimum atomic E-state index is -0.653. The van der Waals surface area contributed by atoms with Crippen LogP contribution in [0.15, 0.2) is 24.3 Å². The molecule has 5 nitrogen and oxygen atoms in total. The van der Waals surface area contributed by atoms with Crippen molar-refractivity contribution in [2.45, 2.75) is 45.8 Å². The largest absolute Gasteiger partial charge is 0.507 e. The Morgan fingerprint density at radius 1 is 1.04 bits per heavy atom. The maximum Gasteiger partial charge on any atom is 0.173 e. The lowest BCUT2D eigenvalue weighted by atomic mass is 9.64. The second kappa shape index (κ2) is 6.30. The molecule has 5 heteroatoms. The third kappa shape index (κ3) is 2.86. The molecule has 0 amide bonds. The van der Waals surface area contributed by atoms with E-state index in [1.165, 1.54) is 12.1 Å². The first-order valence-corrected chi connectivity index (χ1v) is 8.67. The number of fused-ring (bicyclic) bond motifs is 2. The van der Waals surface area contributed by atoms with Gasteiger partial charge in [-0.05, 0) is 37.8 Å². The van der Waals surface area contributed by atoms with Crippen molar-refractivity contribution in [3.05, 3.63) is 35.4 Å². The van der Waals surface area contributed by atoms with Gasteiger partial charge in [-0.2, -0.15) is 0 Å². The predicted molar refractivity (Wildman–Crippen MR) is 93.0 cm³/mol. The number of ether oxygens (including phenoxy) is 1. The minimum Gasteiger partial charge on any atom is -0.507 e. The third-order valence-corrected chi connectivity index (χ3v) is 5.45. The van der Waals surface area contributed by atoms with Crippen LogP contribution in [0.3, 0.4) is 0 Å². The molecular weight excluding hydrogens is 320 g/mol. The summed E-state index contributed by atoms with van der Waals surface area (Å²) in [6.07, 6.45) is 0.403. The third-order valence-electron chi connectivity index (χ3n) is 5.45. The number of carbonyl (C=O) groups is 2. The zero-order valence-corrected chi connectivity index (χ0v) is 14.8. The molecule has 1 aromatic carbocycles. The molecule has 0 bridgehead atoms. The second-order valence-electron chi connectivity index (χ2n) is 7.50. The minimum absolute atomic E-state index is 0.0707. The first-order valence-electron chi connectivity index (χ1n) is 8.67. The number of benzene rings is 1. The van der Waals surface area contributed by atoms with Crippen LogP contribution >= 0.6 is 0 Å². The molecule has 2 N–H and O–H groups in total. The van der Waals surface area contributed by atoms with Gasteiger partial charge in [-0.1, -0.05) is 26.0 Å². The molecule has 0 aromatic heterocycles. The summed E-state index contributed by atoms with van der Waals surface area (Å²) in [5, 5.41) is 20.2. The number of ketones is 2. The molecule has 134 valence electrons. The van der Waals surface area contributed by atoms with Crippen LogP contribution < -0.4 is 0 Å². The fourth-order valence-corrected chi connectivity index (χ4v) is 3.80. The van der Waals surface area contributed by atoms with Crippen molar-refractivity contribution in [3.8, 4) is 11.5 Å². The van der Waals surface area contributed by atoms with E-state index in [0.29, 0.717) is 12.8 Å². The normalized spacial score (nSPS) is 27.2. The molecule has 1 fully saturated rings. The van der Waals surface area contributed by atoms with E-state index in [-0.39, 0.29) is 46.2 Å². The Balaban J connectivity index is 2.07. The summed E-state index contributed by atoms with van der Waals surface area (Å²) < 4.78 is 6.12. The van der Waals surface area contributed by atoms with E-state index in [1.807, 2.05) is 20.8 Å². The maximum absolute atomic E-state index is 13.1. The highest BCUT2D eigenvalue weighted by atomic mass is 16.5. The number of phenols is 2. The number of hydrogen-bond donors (Lipinski definition) is 2.